The largest absolute Gasteiger partial charge is 0.378 e. The summed E-state index contributed by atoms with van der Waals surface area (Å²) in [4.78, 5) is 17.1. The number of piperidine rings is 1. The first-order valence-electron chi connectivity index (χ1n) is 8.63. The van der Waals surface area contributed by atoms with E-state index in [4.69, 9.17) is 10.5 Å². The van der Waals surface area contributed by atoms with Gasteiger partial charge in [-0.05, 0) is 43.0 Å². The van der Waals surface area contributed by atoms with E-state index in [0.717, 1.165) is 56.9 Å². The number of rotatable bonds is 3. The Labute approximate surface area is 162 Å². The number of halogens is 2. The van der Waals surface area contributed by atoms with Crippen LogP contribution in [0.4, 0.5) is 5.69 Å². The summed E-state index contributed by atoms with van der Waals surface area (Å²) in [6.45, 7) is 6.95. The van der Waals surface area contributed by atoms with Crippen molar-refractivity contribution in [3.8, 4) is 0 Å². The number of amides is 1. The fourth-order valence-electron chi connectivity index (χ4n) is 3.54. The minimum absolute atomic E-state index is 0. The quantitative estimate of drug-likeness (QED) is 0.862. The van der Waals surface area contributed by atoms with Crippen LogP contribution in [0.1, 0.15) is 30.1 Å². The highest BCUT2D eigenvalue weighted by Gasteiger charge is 2.29. The monoisotopic (exact) mass is 389 g/mol. The number of carbonyl (C=O) groups excluding carboxylic acids is 1. The molecule has 0 spiro atoms. The maximum Gasteiger partial charge on any atom is 0.254 e. The van der Waals surface area contributed by atoms with Gasteiger partial charge in [0.15, 0.2) is 0 Å². The van der Waals surface area contributed by atoms with E-state index in [0.29, 0.717) is 12.5 Å². The molecule has 2 N–H and O–H groups in total. The van der Waals surface area contributed by atoms with Gasteiger partial charge in [0.1, 0.15) is 0 Å². The molecule has 2 unspecified atom stereocenters. The fourth-order valence-corrected chi connectivity index (χ4v) is 3.54. The first kappa shape index (κ1) is 22.0. The molecule has 5 nitrogen and oxygen atoms in total. The summed E-state index contributed by atoms with van der Waals surface area (Å²) in [5.74, 6) is 0.761. The first-order valence-corrected chi connectivity index (χ1v) is 8.63. The lowest BCUT2D eigenvalue weighted by Gasteiger charge is -2.38. The van der Waals surface area contributed by atoms with Crippen LogP contribution >= 0.6 is 24.8 Å². The molecule has 7 heteroatoms. The van der Waals surface area contributed by atoms with E-state index in [-0.39, 0.29) is 36.8 Å². The number of nitrogens with two attached hydrogens (primary N) is 1. The summed E-state index contributed by atoms with van der Waals surface area (Å²) in [6, 6.07) is 8.15. The van der Waals surface area contributed by atoms with Crippen LogP contribution in [0.2, 0.25) is 0 Å². The summed E-state index contributed by atoms with van der Waals surface area (Å²) in [5.41, 5.74) is 7.80. The maximum atomic E-state index is 12.8. The van der Waals surface area contributed by atoms with Gasteiger partial charge >= 0.3 is 0 Å². The molecule has 25 heavy (non-hydrogen) atoms. The van der Waals surface area contributed by atoms with E-state index in [1.807, 2.05) is 29.2 Å². The predicted molar refractivity (Wildman–Crippen MR) is 106 cm³/mol. The van der Waals surface area contributed by atoms with Crippen molar-refractivity contribution < 1.29 is 9.53 Å². The Morgan fingerprint density at radius 2 is 1.80 bits per heavy atom. The van der Waals surface area contributed by atoms with E-state index in [1.165, 1.54) is 0 Å². The molecular weight excluding hydrogens is 361 g/mol. The number of nitrogens with zero attached hydrogens (tertiary/aromatic N) is 2. The van der Waals surface area contributed by atoms with E-state index in [1.54, 1.807) is 0 Å². The number of likely N-dealkylation sites (tertiary alicyclic amines) is 1. The number of morpholine rings is 1. The van der Waals surface area contributed by atoms with Crippen LogP contribution in [-0.4, -0.2) is 56.2 Å². The van der Waals surface area contributed by atoms with Gasteiger partial charge in [-0.3, -0.25) is 4.79 Å². The Kier molecular flexibility index (Phi) is 9.00. The van der Waals surface area contributed by atoms with Gasteiger partial charge in [-0.2, -0.15) is 0 Å². The smallest absolute Gasteiger partial charge is 0.254 e. The van der Waals surface area contributed by atoms with E-state index in [2.05, 4.69) is 11.8 Å². The fraction of sp³-hybridized carbons (Fsp3) is 0.611. The molecule has 2 aliphatic rings. The van der Waals surface area contributed by atoms with Crippen molar-refractivity contribution in [2.75, 3.05) is 44.3 Å². The van der Waals surface area contributed by atoms with Gasteiger partial charge in [0.2, 0.25) is 0 Å². The van der Waals surface area contributed by atoms with Crippen LogP contribution in [0.25, 0.3) is 0 Å². The van der Waals surface area contributed by atoms with Crippen molar-refractivity contribution in [2.45, 2.75) is 25.8 Å². The number of hydrogen-bond donors (Lipinski definition) is 1. The first-order chi connectivity index (χ1) is 11.2. The van der Waals surface area contributed by atoms with E-state index in [9.17, 15) is 4.79 Å². The summed E-state index contributed by atoms with van der Waals surface area (Å²) >= 11 is 0. The number of hydrogen-bond acceptors (Lipinski definition) is 4. The molecule has 0 aromatic heterocycles. The highest BCUT2D eigenvalue weighted by atomic mass is 35.5. The molecule has 142 valence electrons. The Balaban J connectivity index is 0.00000156. The van der Waals surface area contributed by atoms with Crippen molar-refractivity contribution in [3.63, 3.8) is 0 Å². The minimum atomic E-state index is 0. The van der Waals surface area contributed by atoms with Gasteiger partial charge in [0.05, 0.1) is 13.2 Å². The molecule has 0 aliphatic carbocycles. The second kappa shape index (κ2) is 10.2. The zero-order valence-corrected chi connectivity index (χ0v) is 16.4. The lowest BCUT2D eigenvalue weighted by Crippen LogP contribution is -2.49. The third-order valence-corrected chi connectivity index (χ3v) is 5.00. The molecule has 2 atom stereocenters. The average Bonchev–Trinajstić information content (AvgIpc) is 2.62. The number of benzene rings is 1. The second-order valence-corrected chi connectivity index (χ2v) is 6.66. The van der Waals surface area contributed by atoms with Crippen molar-refractivity contribution in [3.05, 3.63) is 29.8 Å². The third-order valence-electron chi connectivity index (χ3n) is 5.00. The Morgan fingerprint density at radius 1 is 1.16 bits per heavy atom. The van der Waals surface area contributed by atoms with Gasteiger partial charge < -0.3 is 20.3 Å². The SMILES string of the molecule is CC1CCN(C(=O)c2ccc(N3CCOCC3)cc2)C(CN)C1.Cl.Cl. The molecule has 2 saturated heterocycles. The van der Waals surface area contributed by atoms with Gasteiger partial charge in [-0.25, -0.2) is 0 Å². The normalized spacial score (nSPS) is 23.4. The lowest BCUT2D eigenvalue weighted by atomic mass is 9.92. The van der Waals surface area contributed by atoms with Crippen LogP contribution in [0, 0.1) is 5.92 Å². The van der Waals surface area contributed by atoms with Crippen molar-refractivity contribution in [1.82, 2.24) is 4.90 Å². The molecule has 1 amide bonds. The molecule has 3 rings (SSSR count). The molecule has 0 bridgehead atoms. The molecular formula is C18H29Cl2N3O2. The lowest BCUT2D eigenvalue weighted by molar-refractivity contribution is 0.0573. The van der Waals surface area contributed by atoms with Crippen LogP contribution in [0.3, 0.4) is 0 Å². The summed E-state index contributed by atoms with van der Waals surface area (Å²) in [5, 5.41) is 0. The summed E-state index contributed by atoms with van der Waals surface area (Å²) in [6.07, 6.45) is 2.07. The minimum Gasteiger partial charge on any atom is -0.378 e. The van der Waals surface area contributed by atoms with Gasteiger partial charge in [-0.1, -0.05) is 6.92 Å². The van der Waals surface area contributed by atoms with E-state index < -0.39 is 0 Å². The van der Waals surface area contributed by atoms with Crippen molar-refractivity contribution >= 4 is 36.4 Å². The van der Waals surface area contributed by atoms with Gasteiger partial charge in [0, 0.05) is 43.5 Å². The molecule has 1 aromatic carbocycles. The maximum absolute atomic E-state index is 12.8. The third kappa shape index (κ3) is 5.23. The summed E-state index contributed by atoms with van der Waals surface area (Å²) < 4.78 is 5.38. The highest BCUT2D eigenvalue weighted by molar-refractivity contribution is 5.94. The predicted octanol–water partition coefficient (Wildman–Crippen LogP) is 2.57. The zero-order chi connectivity index (χ0) is 16.2. The molecule has 1 aromatic rings. The summed E-state index contributed by atoms with van der Waals surface area (Å²) in [7, 11) is 0. The van der Waals surface area contributed by atoms with Crippen LogP contribution < -0.4 is 10.6 Å². The Bertz CT molecular complexity index is 536. The number of anilines is 1. The molecule has 0 radical (unpaired) electrons. The molecule has 2 aliphatic heterocycles. The number of ether oxygens (including phenoxy) is 1. The topological polar surface area (TPSA) is 58.8 Å². The van der Waals surface area contributed by atoms with Crippen LogP contribution in [-0.2, 0) is 4.74 Å². The van der Waals surface area contributed by atoms with Crippen molar-refractivity contribution in [1.29, 1.82) is 0 Å². The average molecular weight is 390 g/mol. The van der Waals surface area contributed by atoms with E-state index >= 15 is 0 Å². The van der Waals surface area contributed by atoms with Crippen molar-refractivity contribution in [2.24, 2.45) is 11.7 Å². The molecule has 2 heterocycles. The Hall–Kier alpha value is -1.01. The zero-order valence-electron chi connectivity index (χ0n) is 14.7. The second-order valence-electron chi connectivity index (χ2n) is 6.66. The Morgan fingerprint density at radius 3 is 2.40 bits per heavy atom. The van der Waals surface area contributed by atoms with Gasteiger partial charge in [0.25, 0.3) is 5.91 Å². The number of carbonyl (C=O) groups is 1. The standard InChI is InChI=1S/C18H27N3O2.2ClH/c1-14-6-7-21(17(12-14)13-19)18(22)15-2-4-16(5-3-15)20-8-10-23-11-9-20;;/h2-5,14,17H,6-13,19H2,1H3;2*1H. The van der Waals surface area contributed by atoms with Crippen LogP contribution in [0.5, 0.6) is 0 Å². The molecule has 2 fully saturated rings. The highest BCUT2D eigenvalue weighted by Crippen LogP contribution is 2.24. The van der Waals surface area contributed by atoms with Crippen LogP contribution in [0.15, 0.2) is 24.3 Å². The molecule has 0 saturated carbocycles. The van der Waals surface area contributed by atoms with Gasteiger partial charge in [-0.15, -0.1) is 24.8 Å².